The fourth-order valence-corrected chi connectivity index (χ4v) is 3.48. The Bertz CT molecular complexity index is 228. The van der Waals surface area contributed by atoms with Crippen molar-refractivity contribution >= 4 is 0 Å². The van der Waals surface area contributed by atoms with Gasteiger partial charge in [0.1, 0.15) is 0 Å². The van der Waals surface area contributed by atoms with Gasteiger partial charge in [-0.1, -0.05) is 19.3 Å². The molecule has 2 N–H and O–H groups in total. The van der Waals surface area contributed by atoms with Crippen LogP contribution in [0.5, 0.6) is 0 Å². The zero-order chi connectivity index (χ0) is 12.3. The van der Waals surface area contributed by atoms with Crippen LogP contribution in [0.3, 0.4) is 0 Å². The van der Waals surface area contributed by atoms with E-state index in [0.717, 1.165) is 12.6 Å². The Hall–Kier alpha value is -0.120. The number of nitrogens with zero attached hydrogens (tertiary/aromatic N) is 2. The Labute approximate surface area is 106 Å². The maximum atomic E-state index is 6.54. The first kappa shape index (κ1) is 13.3. The van der Waals surface area contributed by atoms with E-state index in [1.165, 1.54) is 58.0 Å². The highest BCUT2D eigenvalue weighted by Crippen LogP contribution is 2.27. The third-order valence-corrected chi connectivity index (χ3v) is 4.73. The second-order valence-electron chi connectivity index (χ2n) is 6.37. The first-order valence-corrected chi connectivity index (χ1v) is 7.27. The van der Waals surface area contributed by atoms with Crippen molar-refractivity contribution in [2.75, 3.05) is 33.7 Å². The lowest BCUT2D eigenvalue weighted by Gasteiger charge is -2.41. The van der Waals surface area contributed by atoms with Gasteiger partial charge >= 0.3 is 0 Å². The van der Waals surface area contributed by atoms with Gasteiger partial charge in [0.2, 0.25) is 0 Å². The van der Waals surface area contributed by atoms with Crippen LogP contribution in [0.4, 0.5) is 0 Å². The van der Waals surface area contributed by atoms with Crippen molar-refractivity contribution in [2.45, 2.75) is 56.5 Å². The number of rotatable bonds is 3. The van der Waals surface area contributed by atoms with E-state index in [0.29, 0.717) is 0 Å². The monoisotopic (exact) mass is 239 g/mol. The summed E-state index contributed by atoms with van der Waals surface area (Å²) in [5.41, 5.74) is 6.65. The summed E-state index contributed by atoms with van der Waals surface area (Å²) in [7, 11) is 4.50. The lowest BCUT2D eigenvalue weighted by molar-refractivity contribution is 0.108. The molecule has 0 aromatic carbocycles. The van der Waals surface area contributed by atoms with Crippen LogP contribution in [0.25, 0.3) is 0 Å². The molecule has 3 nitrogen and oxygen atoms in total. The van der Waals surface area contributed by atoms with Gasteiger partial charge in [0.05, 0.1) is 0 Å². The van der Waals surface area contributed by atoms with Gasteiger partial charge in [-0.05, 0) is 52.9 Å². The van der Waals surface area contributed by atoms with E-state index in [4.69, 9.17) is 5.73 Å². The molecule has 17 heavy (non-hydrogen) atoms. The summed E-state index contributed by atoms with van der Waals surface area (Å²) < 4.78 is 0. The third-order valence-electron chi connectivity index (χ3n) is 4.73. The molecule has 0 spiro atoms. The largest absolute Gasteiger partial charge is 0.324 e. The van der Waals surface area contributed by atoms with Crippen LogP contribution < -0.4 is 5.73 Å². The van der Waals surface area contributed by atoms with Gasteiger partial charge in [-0.25, -0.2) is 0 Å². The van der Waals surface area contributed by atoms with Crippen molar-refractivity contribution in [3.8, 4) is 0 Å². The predicted molar refractivity (Wildman–Crippen MR) is 73.2 cm³/mol. The third kappa shape index (κ3) is 3.67. The number of likely N-dealkylation sites (tertiary alicyclic amines) is 1. The molecule has 0 aromatic heterocycles. The Morgan fingerprint density at radius 1 is 1.18 bits per heavy atom. The average molecular weight is 239 g/mol. The molecule has 0 atom stereocenters. The topological polar surface area (TPSA) is 32.5 Å². The average Bonchev–Trinajstić information content (AvgIpc) is 2.30. The number of piperidine rings is 1. The number of nitrogens with two attached hydrogens (primary N) is 1. The van der Waals surface area contributed by atoms with Crippen LogP contribution in [0.1, 0.15) is 44.9 Å². The molecule has 1 saturated carbocycles. The van der Waals surface area contributed by atoms with Crippen LogP contribution in [0, 0.1) is 0 Å². The maximum absolute atomic E-state index is 6.54. The molecule has 0 unspecified atom stereocenters. The first-order chi connectivity index (χ1) is 8.09. The van der Waals surface area contributed by atoms with Gasteiger partial charge in [-0.2, -0.15) is 0 Å². The molecular formula is C14H29N3. The molecule has 2 rings (SSSR count). The minimum absolute atomic E-state index is 0.107. The molecule has 2 aliphatic rings. The van der Waals surface area contributed by atoms with Crippen LogP contribution >= 0.6 is 0 Å². The zero-order valence-electron chi connectivity index (χ0n) is 11.6. The fourth-order valence-electron chi connectivity index (χ4n) is 3.48. The van der Waals surface area contributed by atoms with Crippen molar-refractivity contribution in [1.29, 1.82) is 0 Å². The summed E-state index contributed by atoms with van der Waals surface area (Å²) in [6, 6.07) is 0.758. The van der Waals surface area contributed by atoms with Crippen molar-refractivity contribution in [2.24, 2.45) is 5.73 Å². The Morgan fingerprint density at radius 3 is 2.35 bits per heavy atom. The standard InChI is InChI=1S/C14H29N3/c1-16-10-6-13(7-11-16)17(2)12-14(15)8-4-3-5-9-14/h13H,3-12,15H2,1-2H3. The summed E-state index contributed by atoms with van der Waals surface area (Å²) >= 11 is 0. The van der Waals surface area contributed by atoms with E-state index < -0.39 is 0 Å². The van der Waals surface area contributed by atoms with Gasteiger partial charge in [0, 0.05) is 18.1 Å². The van der Waals surface area contributed by atoms with E-state index >= 15 is 0 Å². The smallest absolute Gasteiger partial charge is 0.0283 e. The molecule has 0 aromatic rings. The molecule has 100 valence electrons. The Kier molecular flexibility index (Phi) is 4.45. The minimum atomic E-state index is 0.107. The summed E-state index contributed by atoms with van der Waals surface area (Å²) in [5, 5.41) is 0. The second kappa shape index (κ2) is 5.68. The summed E-state index contributed by atoms with van der Waals surface area (Å²) in [4.78, 5) is 4.97. The highest BCUT2D eigenvalue weighted by molar-refractivity contribution is 4.91. The fraction of sp³-hybridized carbons (Fsp3) is 1.00. The van der Waals surface area contributed by atoms with Crippen molar-refractivity contribution in [3.63, 3.8) is 0 Å². The van der Waals surface area contributed by atoms with E-state index in [1.54, 1.807) is 0 Å². The molecule has 0 bridgehead atoms. The van der Waals surface area contributed by atoms with Crippen LogP contribution in [0.2, 0.25) is 0 Å². The molecule has 3 heteroatoms. The van der Waals surface area contributed by atoms with Gasteiger partial charge < -0.3 is 15.5 Å². The minimum Gasteiger partial charge on any atom is -0.324 e. The molecule has 1 heterocycles. The van der Waals surface area contributed by atoms with E-state index in [9.17, 15) is 0 Å². The van der Waals surface area contributed by atoms with Crippen LogP contribution in [-0.4, -0.2) is 55.1 Å². The van der Waals surface area contributed by atoms with Gasteiger partial charge in [0.15, 0.2) is 0 Å². The Balaban J connectivity index is 1.81. The molecule has 1 aliphatic carbocycles. The van der Waals surface area contributed by atoms with E-state index in [1.807, 2.05) is 0 Å². The van der Waals surface area contributed by atoms with Gasteiger partial charge in [-0.15, -0.1) is 0 Å². The predicted octanol–water partition coefficient (Wildman–Crippen LogP) is 1.67. The second-order valence-corrected chi connectivity index (χ2v) is 6.37. The molecule has 0 amide bonds. The van der Waals surface area contributed by atoms with Crippen LogP contribution in [-0.2, 0) is 0 Å². The maximum Gasteiger partial charge on any atom is 0.0283 e. The number of likely N-dealkylation sites (N-methyl/N-ethyl adjacent to an activating group) is 1. The van der Waals surface area contributed by atoms with Crippen LogP contribution in [0.15, 0.2) is 0 Å². The molecule has 1 aliphatic heterocycles. The number of hydrogen-bond acceptors (Lipinski definition) is 3. The molecule has 1 saturated heterocycles. The summed E-state index contributed by atoms with van der Waals surface area (Å²) in [6.07, 6.45) is 9.12. The molecule has 0 radical (unpaired) electrons. The normalized spacial score (nSPS) is 27.5. The van der Waals surface area contributed by atoms with E-state index in [-0.39, 0.29) is 5.54 Å². The quantitative estimate of drug-likeness (QED) is 0.813. The lowest BCUT2D eigenvalue weighted by Crippen LogP contribution is -2.54. The number of hydrogen-bond donors (Lipinski definition) is 1. The SMILES string of the molecule is CN1CCC(N(C)CC2(N)CCCCC2)CC1. The van der Waals surface area contributed by atoms with E-state index in [2.05, 4.69) is 23.9 Å². The summed E-state index contributed by atoms with van der Waals surface area (Å²) in [6.45, 7) is 3.58. The lowest BCUT2D eigenvalue weighted by atomic mass is 9.82. The van der Waals surface area contributed by atoms with Crippen molar-refractivity contribution < 1.29 is 0 Å². The first-order valence-electron chi connectivity index (χ1n) is 7.27. The van der Waals surface area contributed by atoms with Crippen molar-refractivity contribution in [1.82, 2.24) is 9.80 Å². The van der Waals surface area contributed by atoms with Crippen molar-refractivity contribution in [3.05, 3.63) is 0 Å². The van der Waals surface area contributed by atoms with Gasteiger partial charge in [-0.3, -0.25) is 0 Å². The molecule has 2 fully saturated rings. The Morgan fingerprint density at radius 2 is 1.76 bits per heavy atom. The zero-order valence-corrected chi connectivity index (χ0v) is 11.6. The molecular weight excluding hydrogens is 210 g/mol. The highest BCUT2D eigenvalue weighted by atomic mass is 15.2. The van der Waals surface area contributed by atoms with Gasteiger partial charge in [0.25, 0.3) is 0 Å². The summed E-state index contributed by atoms with van der Waals surface area (Å²) in [5.74, 6) is 0. The highest BCUT2D eigenvalue weighted by Gasteiger charge is 2.31.